The van der Waals surface area contributed by atoms with Gasteiger partial charge in [0.25, 0.3) is 15.8 Å². The van der Waals surface area contributed by atoms with Crippen molar-refractivity contribution in [3.63, 3.8) is 0 Å². The van der Waals surface area contributed by atoms with Gasteiger partial charge in [-0.15, -0.1) is 0 Å². The van der Waals surface area contributed by atoms with Crippen LogP contribution in [0, 0.1) is 10.1 Å². The zero-order chi connectivity index (χ0) is 35.3. The van der Waals surface area contributed by atoms with Gasteiger partial charge in [-0.2, -0.15) is 8.42 Å². The summed E-state index contributed by atoms with van der Waals surface area (Å²) in [6, 6.07) is 9.85. The van der Waals surface area contributed by atoms with Gasteiger partial charge in [0.15, 0.2) is 0 Å². The number of unbranched alkanes of at least 4 members (excludes halogenated alkanes) is 3. The van der Waals surface area contributed by atoms with Crippen LogP contribution in [0.4, 0.5) is 17.1 Å². The number of hydrogen-bond donors (Lipinski definition) is 2. The molecule has 2 aliphatic heterocycles. The molecule has 0 aromatic heterocycles. The normalized spacial score (nSPS) is 19.2. The lowest BCUT2D eigenvalue weighted by Crippen LogP contribution is -2.40. The molecule has 4 rings (SSSR count). The second-order valence-electron chi connectivity index (χ2n) is 13.5. The highest BCUT2D eigenvalue weighted by atomic mass is 32.2. The number of aliphatic carboxylic acids is 1. The fourth-order valence-corrected chi connectivity index (χ4v) is 7.33. The highest BCUT2D eigenvalue weighted by molar-refractivity contribution is 7.85. The Bertz CT molecular complexity index is 1760. The number of fused-ring (bicyclic) bond motifs is 2. The van der Waals surface area contributed by atoms with Crippen molar-refractivity contribution < 1.29 is 27.8 Å². The molecule has 0 bridgehead atoms. The summed E-state index contributed by atoms with van der Waals surface area (Å²) in [5, 5.41) is 20.5. The first-order valence-corrected chi connectivity index (χ1v) is 17.9. The number of nitro benzene ring substituents is 1. The molecule has 0 saturated heterocycles. The number of carbonyl (C=O) groups is 1. The highest BCUT2D eigenvalue weighted by Gasteiger charge is 2.44. The van der Waals surface area contributed by atoms with Crippen LogP contribution < -0.4 is 9.80 Å². The van der Waals surface area contributed by atoms with Gasteiger partial charge in [0.2, 0.25) is 0 Å². The van der Waals surface area contributed by atoms with E-state index in [1.165, 1.54) is 12.1 Å². The second-order valence-corrected chi connectivity index (χ2v) is 14.9. The number of anilines is 2. The van der Waals surface area contributed by atoms with E-state index in [1.807, 2.05) is 56.4 Å². The van der Waals surface area contributed by atoms with Crippen molar-refractivity contribution in [3.8, 4) is 0 Å². The van der Waals surface area contributed by atoms with Gasteiger partial charge in [0, 0.05) is 59.5 Å². The number of carboxylic acids is 1. The number of non-ortho nitro benzene ring substituents is 1. The molecule has 1 unspecified atom stereocenters. The number of nitro groups is 1. The minimum atomic E-state index is -4.37. The van der Waals surface area contributed by atoms with E-state index in [1.54, 1.807) is 18.2 Å². The second kappa shape index (κ2) is 14.9. The lowest BCUT2D eigenvalue weighted by Gasteiger charge is -2.32. The van der Waals surface area contributed by atoms with E-state index in [0.717, 1.165) is 60.4 Å². The number of benzene rings is 2. The number of hydrogen-bond acceptors (Lipinski definition) is 7. The smallest absolute Gasteiger partial charge is 0.303 e. The molecule has 11 heteroatoms. The molecule has 0 amide bonds. The van der Waals surface area contributed by atoms with Gasteiger partial charge in [-0.3, -0.25) is 19.5 Å². The first kappa shape index (κ1) is 36.6. The minimum Gasteiger partial charge on any atom is -0.481 e. The van der Waals surface area contributed by atoms with Crippen molar-refractivity contribution in [3.05, 3.63) is 106 Å². The SMILES string of the molecule is CCCCN1c2ccc([N+](=O)[O-])cc2C(C)(C)C1C=CC=CC=CC=C1N(CCCCCC(=O)O)c2ccc(S(=O)(=O)O)cc2C1(C)C. The maximum Gasteiger partial charge on any atom is 0.303 e. The van der Waals surface area contributed by atoms with Gasteiger partial charge >= 0.3 is 5.97 Å². The molecule has 2 aromatic carbocycles. The first-order valence-electron chi connectivity index (χ1n) is 16.5. The molecule has 10 nitrogen and oxygen atoms in total. The molecular weight excluding hydrogens is 630 g/mol. The Kier molecular flexibility index (Phi) is 11.4. The molecule has 258 valence electrons. The Morgan fingerprint density at radius 3 is 2.27 bits per heavy atom. The summed E-state index contributed by atoms with van der Waals surface area (Å²) >= 11 is 0. The third kappa shape index (κ3) is 7.90. The fraction of sp³-hybridized carbons (Fsp3) is 0.432. The molecule has 0 fully saturated rings. The standard InChI is InChI=1S/C37H47N3O7S/c1-6-7-23-38-31-21-19-27(40(43)44)25-29(31)36(2,3)33(38)16-12-9-8-10-13-17-34-37(4,5)30-26-28(48(45,46)47)20-22-32(30)39(34)24-15-11-14-18-35(41)42/h8-10,12-13,16-17,19-22,25-26,33H,6-7,11,14-15,18,23-24H2,1-5H3,(H,41,42)(H,45,46,47). The van der Waals surface area contributed by atoms with Crippen LogP contribution in [0.5, 0.6) is 0 Å². The zero-order valence-corrected chi connectivity index (χ0v) is 29.2. The first-order chi connectivity index (χ1) is 22.6. The molecule has 2 aromatic rings. The zero-order valence-electron chi connectivity index (χ0n) is 28.4. The number of allylic oxidation sites excluding steroid dienone is 7. The Morgan fingerprint density at radius 1 is 0.917 bits per heavy atom. The van der Waals surface area contributed by atoms with Gasteiger partial charge in [-0.25, -0.2) is 0 Å². The third-order valence-corrected chi connectivity index (χ3v) is 10.3. The topological polar surface area (TPSA) is 141 Å². The molecule has 0 radical (unpaired) electrons. The molecule has 0 aliphatic carbocycles. The van der Waals surface area contributed by atoms with Crippen molar-refractivity contribution in [2.75, 3.05) is 22.9 Å². The van der Waals surface area contributed by atoms with Crippen LogP contribution in [-0.4, -0.2) is 48.1 Å². The van der Waals surface area contributed by atoms with E-state index in [0.29, 0.717) is 13.0 Å². The summed E-state index contributed by atoms with van der Waals surface area (Å²) in [5.74, 6) is -0.814. The van der Waals surface area contributed by atoms with E-state index in [4.69, 9.17) is 5.11 Å². The van der Waals surface area contributed by atoms with Crippen LogP contribution >= 0.6 is 0 Å². The summed E-state index contributed by atoms with van der Waals surface area (Å²) < 4.78 is 33.5. The van der Waals surface area contributed by atoms with E-state index in [9.17, 15) is 27.9 Å². The number of carboxylic acid groups (broad SMARTS) is 1. The molecule has 2 aliphatic rings. The van der Waals surface area contributed by atoms with Crippen LogP contribution in [0.2, 0.25) is 0 Å². The van der Waals surface area contributed by atoms with Gasteiger partial charge < -0.3 is 14.9 Å². The summed E-state index contributed by atoms with van der Waals surface area (Å²) in [4.78, 5) is 26.4. The van der Waals surface area contributed by atoms with Gasteiger partial charge in [-0.05, 0) is 60.7 Å². The monoisotopic (exact) mass is 677 g/mol. The predicted octanol–water partition coefficient (Wildman–Crippen LogP) is 8.10. The summed E-state index contributed by atoms with van der Waals surface area (Å²) in [5.41, 5.74) is 3.87. The minimum absolute atomic E-state index is 0.0336. The Hall–Kier alpha value is -4.22. The van der Waals surface area contributed by atoms with E-state index in [2.05, 4.69) is 36.6 Å². The summed E-state index contributed by atoms with van der Waals surface area (Å²) in [6.07, 6.45) is 18.2. The molecule has 0 saturated carbocycles. The highest BCUT2D eigenvalue weighted by Crippen LogP contribution is 2.49. The molecule has 0 spiro atoms. The van der Waals surface area contributed by atoms with Crippen molar-refractivity contribution in [1.29, 1.82) is 0 Å². The average molecular weight is 678 g/mol. The number of rotatable bonds is 15. The molecule has 2 N–H and O–H groups in total. The quantitative estimate of drug-likeness (QED) is 0.0629. The Labute approximate surface area is 284 Å². The van der Waals surface area contributed by atoms with Crippen LogP contribution in [0.3, 0.4) is 0 Å². The molecular formula is C37H47N3O7S. The van der Waals surface area contributed by atoms with E-state index in [-0.39, 0.29) is 33.4 Å². The fourth-order valence-electron chi connectivity index (χ4n) is 6.82. The van der Waals surface area contributed by atoms with Crippen LogP contribution in [0.1, 0.15) is 84.3 Å². The average Bonchev–Trinajstić information content (AvgIpc) is 3.36. The summed E-state index contributed by atoms with van der Waals surface area (Å²) in [6.45, 7) is 11.9. The van der Waals surface area contributed by atoms with Crippen molar-refractivity contribution in [1.82, 2.24) is 0 Å². The molecule has 48 heavy (non-hydrogen) atoms. The van der Waals surface area contributed by atoms with Crippen LogP contribution in [-0.2, 0) is 25.7 Å². The largest absolute Gasteiger partial charge is 0.481 e. The van der Waals surface area contributed by atoms with Crippen LogP contribution in [0.25, 0.3) is 0 Å². The van der Waals surface area contributed by atoms with Crippen molar-refractivity contribution >= 4 is 33.1 Å². The van der Waals surface area contributed by atoms with Gasteiger partial charge in [-0.1, -0.05) is 83.9 Å². The Balaban J connectivity index is 1.54. The van der Waals surface area contributed by atoms with Crippen LogP contribution in [0.15, 0.2) is 89.5 Å². The maximum absolute atomic E-state index is 11.9. The molecule has 1 atom stereocenters. The number of nitrogens with zero attached hydrogens (tertiary/aromatic N) is 3. The van der Waals surface area contributed by atoms with Gasteiger partial charge in [0.05, 0.1) is 15.9 Å². The van der Waals surface area contributed by atoms with Gasteiger partial charge in [0.1, 0.15) is 0 Å². The van der Waals surface area contributed by atoms with E-state index >= 15 is 0 Å². The Morgan fingerprint density at radius 2 is 1.60 bits per heavy atom. The van der Waals surface area contributed by atoms with E-state index < -0.39 is 21.5 Å². The molecule has 2 heterocycles. The maximum atomic E-state index is 11.9. The lowest BCUT2D eigenvalue weighted by molar-refractivity contribution is -0.384. The third-order valence-electron chi connectivity index (χ3n) is 9.45. The lowest BCUT2D eigenvalue weighted by atomic mass is 9.80. The van der Waals surface area contributed by atoms with Crippen molar-refractivity contribution in [2.45, 2.75) is 94.9 Å². The predicted molar refractivity (Wildman–Crippen MR) is 190 cm³/mol. The van der Waals surface area contributed by atoms with Crippen molar-refractivity contribution in [2.24, 2.45) is 0 Å². The summed E-state index contributed by atoms with van der Waals surface area (Å²) in [7, 11) is -4.37.